The Labute approximate surface area is 113 Å². The molecule has 0 spiro atoms. The van der Waals surface area contributed by atoms with Gasteiger partial charge in [-0.05, 0) is 12.5 Å². The number of hydrogen-bond acceptors (Lipinski definition) is 4. The Kier molecular flexibility index (Phi) is 4.13. The molecule has 0 saturated carbocycles. The fraction of sp³-hybridized carbons (Fsp3) is 0.600. The van der Waals surface area contributed by atoms with Gasteiger partial charge in [0.25, 0.3) is 0 Å². The van der Waals surface area contributed by atoms with Crippen LogP contribution in [-0.4, -0.2) is 37.8 Å². The van der Waals surface area contributed by atoms with Crippen molar-refractivity contribution in [1.29, 1.82) is 0 Å². The minimum absolute atomic E-state index is 0.00970. The fourth-order valence-electron chi connectivity index (χ4n) is 2.64. The lowest BCUT2D eigenvalue weighted by molar-refractivity contribution is -0.206. The highest BCUT2D eigenvalue weighted by Gasteiger charge is 2.45. The number of ether oxygens (including phenoxy) is 4. The summed E-state index contributed by atoms with van der Waals surface area (Å²) in [6.07, 6.45) is 0.725. The molecule has 19 heavy (non-hydrogen) atoms. The van der Waals surface area contributed by atoms with Crippen LogP contribution < -0.4 is 0 Å². The first kappa shape index (κ1) is 13.1. The Morgan fingerprint density at radius 3 is 2.79 bits per heavy atom. The molecule has 0 aliphatic carbocycles. The van der Waals surface area contributed by atoms with Crippen LogP contribution >= 0.6 is 0 Å². The molecule has 2 aliphatic heterocycles. The zero-order chi connectivity index (χ0) is 13.1. The molecular weight excluding hydrogens is 244 g/mol. The molecule has 0 N–H and O–H groups in total. The molecule has 1 aromatic rings. The maximum absolute atomic E-state index is 5.99. The van der Waals surface area contributed by atoms with Gasteiger partial charge in [0, 0.05) is 13.0 Å². The SMILES string of the molecule is CCO[C@@H]1C[C@H](OCc2ccccc2)[C@H]2CO[C@@H]1O2. The monoisotopic (exact) mass is 264 g/mol. The Morgan fingerprint density at radius 2 is 2.00 bits per heavy atom. The third kappa shape index (κ3) is 2.98. The van der Waals surface area contributed by atoms with E-state index in [2.05, 4.69) is 12.1 Å². The van der Waals surface area contributed by atoms with Gasteiger partial charge >= 0.3 is 0 Å². The van der Waals surface area contributed by atoms with Crippen LogP contribution in [0.2, 0.25) is 0 Å². The van der Waals surface area contributed by atoms with Crippen molar-refractivity contribution in [3.05, 3.63) is 35.9 Å². The second-order valence-electron chi connectivity index (χ2n) is 4.94. The Morgan fingerprint density at radius 1 is 1.16 bits per heavy atom. The highest BCUT2D eigenvalue weighted by Crippen LogP contribution is 2.31. The number of hydrogen-bond donors (Lipinski definition) is 0. The summed E-state index contributed by atoms with van der Waals surface area (Å²) in [7, 11) is 0. The minimum Gasteiger partial charge on any atom is -0.373 e. The molecule has 104 valence electrons. The predicted octanol–water partition coefficient (Wildman–Crippen LogP) is 2.12. The van der Waals surface area contributed by atoms with E-state index in [4.69, 9.17) is 18.9 Å². The van der Waals surface area contributed by atoms with Gasteiger partial charge in [0.15, 0.2) is 6.29 Å². The van der Waals surface area contributed by atoms with E-state index < -0.39 is 0 Å². The largest absolute Gasteiger partial charge is 0.373 e. The molecule has 0 amide bonds. The van der Waals surface area contributed by atoms with Crippen LogP contribution in [0, 0.1) is 0 Å². The summed E-state index contributed by atoms with van der Waals surface area (Å²) in [5, 5.41) is 0. The summed E-state index contributed by atoms with van der Waals surface area (Å²) in [6.45, 7) is 3.87. The molecule has 1 aromatic carbocycles. The first-order valence-corrected chi connectivity index (χ1v) is 6.91. The Balaban J connectivity index is 1.58. The topological polar surface area (TPSA) is 36.9 Å². The van der Waals surface area contributed by atoms with Gasteiger partial charge in [0.1, 0.15) is 12.2 Å². The predicted molar refractivity (Wildman–Crippen MR) is 69.7 cm³/mol. The maximum Gasteiger partial charge on any atom is 0.184 e. The molecule has 2 heterocycles. The van der Waals surface area contributed by atoms with Gasteiger partial charge in [-0.25, -0.2) is 0 Å². The summed E-state index contributed by atoms with van der Waals surface area (Å²) in [5.74, 6) is 0. The highest BCUT2D eigenvalue weighted by atomic mass is 16.8. The van der Waals surface area contributed by atoms with Gasteiger partial charge in [-0.1, -0.05) is 30.3 Å². The van der Waals surface area contributed by atoms with Gasteiger partial charge < -0.3 is 18.9 Å². The van der Waals surface area contributed by atoms with Crippen LogP contribution in [0.5, 0.6) is 0 Å². The quantitative estimate of drug-likeness (QED) is 0.816. The van der Waals surface area contributed by atoms with Crippen molar-refractivity contribution in [2.75, 3.05) is 13.2 Å². The molecule has 0 radical (unpaired) electrons. The first-order chi connectivity index (χ1) is 9.36. The van der Waals surface area contributed by atoms with Crippen molar-refractivity contribution >= 4 is 0 Å². The zero-order valence-corrected chi connectivity index (χ0v) is 11.2. The third-order valence-electron chi connectivity index (χ3n) is 3.60. The fourth-order valence-corrected chi connectivity index (χ4v) is 2.64. The molecule has 0 unspecified atom stereocenters. The molecule has 2 saturated heterocycles. The lowest BCUT2D eigenvalue weighted by Gasteiger charge is -2.33. The first-order valence-electron chi connectivity index (χ1n) is 6.91. The van der Waals surface area contributed by atoms with Gasteiger partial charge in [-0.15, -0.1) is 0 Å². The van der Waals surface area contributed by atoms with Crippen molar-refractivity contribution in [1.82, 2.24) is 0 Å². The van der Waals surface area contributed by atoms with E-state index in [-0.39, 0.29) is 24.6 Å². The van der Waals surface area contributed by atoms with Crippen LogP contribution in [0.1, 0.15) is 18.9 Å². The average molecular weight is 264 g/mol. The van der Waals surface area contributed by atoms with Crippen molar-refractivity contribution < 1.29 is 18.9 Å². The Bertz CT molecular complexity index is 394. The van der Waals surface area contributed by atoms with E-state index in [1.807, 2.05) is 25.1 Å². The summed E-state index contributed by atoms with van der Waals surface area (Å²) in [5.41, 5.74) is 1.18. The van der Waals surface area contributed by atoms with Crippen LogP contribution in [0.3, 0.4) is 0 Å². The van der Waals surface area contributed by atoms with E-state index in [1.165, 1.54) is 5.56 Å². The van der Waals surface area contributed by atoms with Crippen molar-refractivity contribution in [3.8, 4) is 0 Å². The molecule has 0 aromatic heterocycles. The number of rotatable bonds is 5. The minimum atomic E-state index is -0.207. The van der Waals surface area contributed by atoms with Crippen molar-refractivity contribution in [2.45, 2.75) is 44.6 Å². The second kappa shape index (κ2) is 6.01. The third-order valence-corrected chi connectivity index (χ3v) is 3.60. The summed E-state index contributed by atoms with van der Waals surface area (Å²) >= 11 is 0. The molecular formula is C15H20O4. The summed E-state index contributed by atoms with van der Waals surface area (Å²) < 4.78 is 23.0. The van der Waals surface area contributed by atoms with E-state index in [9.17, 15) is 0 Å². The second-order valence-corrected chi connectivity index (χ2v) is 4.94. The standard InChI is InChI=1S/C15H20O4/c1-2-16-13-8-12(14-10-18-15(13)19-14)17-9-11-6-4-3-5-7-11/h3-7,12-15H,2,8-10H2,1H3/t12-,13+,14+,15+/m0/s1. The maximum atomic E-state index is 5.99. The molecule has 3 rings (SSSR count). The van der Waals surface area contributed by atoms with Gasteiger partial charge in [0.2, 0.25) is 0 Å². The van der Waals surface area contributed by atoms with E-state index in [1.54, 1.807) is 0 Å². The van der Waals surface area contributed by atoms with Crippen LogP contribution in [0.4, 0.5) is 0 Å². The van der Waals surface area contributed by atoms with E-state index in [0.717, 1.165) is 6.42 Å². The zero-order valence-electron chi connectivity index (χ0n) is 11.2. The molecule has 2 bridgehead atoms. The molecule has 4 nitrogen and oxygen atoms in total. The highest BCUT2D eigenvalue weighted by molar-refractivity contribution is 5.13. The lowest BCUT2D eigenvalue weighted by atomic mass is 10.0. The smallest absolute Gasteiger partial charge is 0.184 e. The molecule has 2 aliphatic rings. The number of benzene rings is 1. The molecule has 4 atom stereocenters. The van der Waals surface area contributed by atoms with Gasteiger partial charge in [-0.3, -0.25) is 0 Å². The number of fused-ring (bicyclic) bond motifs is 2. The average Bonchev–Trinajstić information content (AvgIpc) is 2.87. The molecule has 4 heteroatoms. The normalized spacial score (nSPS) is 33.5. The summed E-state index contributed by atoms with van der Waals surface area (Å²) in [6, 6.07) is 10.2. The summed E-state index contributed by atoms with van der Waals surface area (Å²) in [4.78, 5) is 0. The van der Waals surface area contributed by atoms with Crippen LogP contribution in [0.15, 0.2) is 30.3 Å². The van der Waals surface area contributed by atoms with Crippen LogP contribution in [-0.2, 0) is 25.6 Å². The Hall–Kier alpha value is -0.940. The van der Waals surface area contributed by atoms with Crippen molar-refractivity contribution in [2.24, 2.45) is 0 Å². The van der Waals surface area contributed by atoms with E-state index in [0.29, 0.717) is 19.8 Å². The lowest BCUT2D eigenvalue weighted by Crippen LogP contribution is -2.44. The van der Waals surface area contributed by atoms with Crippen molar-refractivity contribution in [3.63, 3.8) is 0 Å². The van der Waals surface area contributed by atoms with Crippen LogP contribution in [0.25, 0.3) is 0 Å². The van der Waals surface area contributed by atoms with Gasteiger partial charge in [0.05, 0.1) is 19.3 Å². The van der Waals surface area contributed by atoms with E-state index >= 15 is 0 Å². The van der Waals surface area contributed by atoms with Gasteiger partial charge in [-0.2, -0.15) is 0 Å². The molecule has 2 fully saturated rings.